The molecule has 6 heteroatoms. The van der Waals surface area contributed by atoms with Gasteiger partial charge in [0.25, 0.3) is 0 Å². The summed E-state index contributed by atoms with van der Waals surface area (Å²) >= 11 is 0. The second-order valence-electron chi connectivity index (χ2n) is 4.38. The first kappa shape index (κ1) is 14.9. The smallest absolute Gasteiger partial charge is 0.482 e. The number of esters is 1. The third kappa shape index (κ3) is 4.24. The van der Waals surface area contributed by atoms with Crippen LogP contribution in [0.25, 0.3) is 0 Å². The van der Waals surface area contributed by atoms with Crippen molar-refractivity contribution in [1.82, 2.24) is 0 Å². The van der Waals surface area contributed by atoms with Crippen molar-refractivity contribution in [1.29, 1.82) is 0 Å². The lowest BCUT2D eigenvalue weighted by Gasteiger charge is -2.06. The number of rotatable bonds is 6. The number of aryl methyl sites for hydroxylation is 2. The van der Waals surface area contributed by atoms with Crippen LogP contribution in [0.1, 0.15) is 24.0 Å². The zero-order chi connectivity index (χ0) is 15.2. The zero-order valence-corrected chi connectivity index (χ0v) is 11.9. The average Bonchev–Trinajstić information content (AvgIpc) is 2.81. The van der Waals surface area contributed by atoms with Gasteiger partial charge in [-0.15, -0.1) is 0 Å². The SMILES string of the molecule is CCc1ccc(OCC(=O)OCc2oc(=O)oc2C)cc1. The fraction of sp³-hybridized carbons (Fsp3) is 0.333. The Morgan fingerprint density at radius 3 is 2.48 bits per heavy atom. The maximum Gasteiger partial charge on any atom is 0.519 e. The van der Waals surface area contributed by atoms with Gasteiger partial charge in [0.2, 0.25) is 0 Å². The Morgan fingerprint density at radius 1 is 1.19 bits per heavy atom. The number of hydrogen-bond acceptors (Lipinski definition) is 6. The Morgan fingerprint density at radius 2 is 1.90 bits per heavy atom. The van der Waals surface area contributed by atoms with Gasteiger partial charge < -0.3 is 18.3 Å². The zero-order valence-electron chi connectivity index (χ0n) is 11.9. The van der Waals surface area contributed by atoms with E-state index >= 15 is 0 Å². The van der Waals surface area contributed by atoms with Crippen molar-refractivity contribution in [2.24, 2.45) is 0 Å². The molecule has 2 rings (SSSR count). The highest BCUT2D eigenvalue weighted by Crippen LogP contribution is 2.12. The van der Waals surface area contributed by atoms with Crippen molar-refractivity contribution in [2.45, 2.75) is 26.9 Å². The molecule has 1 heterocycles. The quantitative estimate of drug-likeness (QED) is 0.760. The molecule has 1 aromatic heterocycles. The largest absolute Gasteiger partial charge is 0.519 e. The standard InChI is InChI=1S/C15H16O6/c1-3-11-4-6-12(7-5-11)18-9-14(16)19-8-13-10(2)20-15(17)21-13/h4-7H,3,8-9H2,1-2H3. The van der Waals surface area contributed by atoms with Crippen molar-refractivity contribution in [3.63, 3.8) is 0 Å². The Balaban J connectivity index is 1.79. The number of ether oxygens (including phenoxy) is 2. The molecule has 0 bridgehead atoms. The van der Waals surface area contributed by atoms with Crippen molar-refractivity contribution >= 4 is 5.97 Å². The second-order valence-corrected chi connectivity index (χ2v) is 4.38. The Labute approximate surface area is 121 Å². The molecule has 0 unspecified atom stereocenters. The van der Waals surface area contributed by atoms with Crippen LogP contribution in [0.2, 0.25) is 0 Å². The van der Waals surface area contributed by atoms with E-state index in [1.165, 1.54) is 5.56 Å². The van der Waals surface area contributed by atoms with Crippen LogP contribution in [0.4, 0.5) is 0 Å². The molecule has 0 aliphatic carbocycles. The third-order valence-electron chi connectivity index (χ3n) is 2.89. The summed E-state index contributed by atoms with van der Waals surface area (Å²) < 4.78 is 19.6. The summed E-state index contributed by atoms with van der Waals surface area (Å²) in [4.78, 5) is 22.4. The molecule has 112 valence electrons. The molecule has 0 aliphatic heterocycles. The number of benzene rings is 1. The van der Waals surface area contributed by atoms with Gasteiger partial charge in [-0.3, -0.25) is 0 Å². The Hall–Kier alpha value is -2.50. The highest BCUT2D eigenvalue weighted by Gasteiger charge is 2.11. The van der Waals surface area contributed by atoms with Crippen molar-refractivity contribution in [3.05, 3.63) is 52.0 Å². The van der Waals surface area contributed by atoms with Crippen molar-refractivity contribution in [3.8, 4) is 5.75 Å². The van der Waals surface area contributed by atoms with Crippen LogP contribution in [-0.2, 0) is 22.6 Å². The first-order valence-corrected chi connectivity index (χ1v) is 6.55. The topological polar surface area (TPSA) is 78.9 Å². The van der Waals surface area contributed by atoms with Gasteiger partial charge in [-0.25, -0.2) is 9.59 Å². The molecule has 6 nitrogen and oxygen atoms in total. The van der Waals surface area contributed by atoms with E-state index in [9.17, 15) is 9.59 Å². The summed E-state index contributed by atoms with van der Waals surface area (Å²) in [5.41, 5.74) is 1.19. The van der Waals surface area contributed by atoms with Crippen LogP contribution in [0, 0.1) is 6.92 Å². The molecule has 0 saturated carbocycles. The molecule has 0 saturated heterocycles. The summed E-state index contributed by atoms with van der Waals surface area (Å²) in [5, 5.41) is 0. The van der Waals surface area contributed by atoms with Gasteiger partial charge in [-0.05, 0) is 31.0 Å². The van der Waals surface area contributed by atoms with Crippen LogP contribution in [0.3, 0.4) is 0 Å². The van der Waals surface area contributed by atoms with Gasteiger partial charge in [0.1, 0.15) is 5.75 Å². The predicted molar refractivity (Wildman–Crippen MR) is 73.1 cm³/mol. The molecular weight excluding hydrogens is 276 g/mol. The first-order chi connectivity index (χ1) is 10.1. The van der Waals surface area contributed by atoms with Crippen LogP contribution in [0.5, 0.6) is 5.75 Å². The van der Waals surface area contributed by atoms with Crippen LogP contribution >= 0.6 is 0 Å². The number of carbonyl (C=O) groups excluding carboxylic acids is 1. The fourth-order valence-electron chi connectivity index (χ4n) is 1.66. The van der Waals surface area contributed by atoms with E-state index < -0.39 is 11.8 Å². The Kier molecular flexibility index (Phi) is 4.81. The maximum atomic E-state index is 11.5. The highest BCUT2D eigenvalue weighted by atomic mass is 16.6. The second kappa shape index (κ2) is 6.78. The molecule has 0 atom stereocenters. The van der Waals surface area contributed by atoms with Gasteiger partial charge in [-0.1, -0.05) is 19.1 Å². The van der Waals surface area contributed by atoms with E-state index in [0.29, 0.717) is 11.5 Å². The first-order valence-electron chi connectivity index (χ1n) is 6.55. The minimum atomic E-state index is -0.814. The fourth-order valence-corrected chi connectivity index (χ4v) is 1.66. The van der Waals surface area contributed by atoms with Gasteiger partial charge in [-0.2, -0.15) is 0 Å². The summed E-state index contributed by atoms with van der Waals surface area (Å²) in [7, 11) is 0. The van der Waals surface area contributed by atoms with Gasteiger partial charge in [0, 0.05) is 0 Å². The normalized spacial score (nSPS) is 10.4. The third-order valence-corrected chi connectivity index (χ3v) is 2.89. The summed E-state index contributed by atoms with van der Waals surface area (Å²) in [6.45, 7) is 3.24. The van der Waals surface area contributed by atoms with Gasteiger partial charge in [0.15, 0.2) is 24.7 Å². The lowest BCUT2D eigenvalue weighted by molar-refractivity contribution is -0.147. The summed E-state index contributed by atoms with van der Waals surface area (Å²) in [6, 6.07) is 7.46. The van der Waals surface area contributed by atoms with Crippen LogP contribution in [-0.4, -0.2) is 12.6 Å². The minimum Gasteiger partial charge on any atom is -0.482 e. The van der Waals surface area contributed by atoms with Gasteiger partial charge >= 0.3 is 11.8 Å². The van der Waals surface area contributed by atoms with E-state index in [4.69, 9.17) is 13.9 Å². The predicted octanol–water partition coefficient (Wildman–Crippen LogP) is 2.23. The molecule has 0 spiro atoms. The van der Waals surface area contributed by atoms with Crippen molar-refractivity contribution in [2.75, 3.05) is 6.61 Å². The molecular formula is C15H16O6. The molecule has 0 amide bonds. The van der Waals surface area contributed by atoms with E-state index in [1.54, 1.807) is 19.1 Å². The van der Waals surface area contributed by atoms with E-state index in [1.807, 2.05) is 12.1 Å². The van der Waals surface area contributed by atoms with E-state index in [2.05, 4.69) is 11.3 Å². The molecule has 21 heavy (non-hydrogen) atoms. The molecule has 0 N–H and O–H groups in total. The number of hydrogen-bond donors (Lipinski definition) is 0. The molecule has 0 aliphatic rings. The van der Waals surface area contributed by atoms with E-state index in [-0.39, 0.29) is 19.0 Å². The summed E-state index contributed by atoms with van der Waals surface area (Å²) in [5.74, 6) is -0.289. The van der Waals surface area contributed by atoms with Crippen LogP contribution in [0.15, 0.2) is 37.9 Å². The molecule has 0 radical (unpaired) electrons. The lowest BCUT2D eigenvalue weighted by Crippen LogP contribution is -2.14. The summed E-state index contributed by atoms with van der Waals surface area (Å²) in [6.07, 6.45) is 0.942. The van der Waals surface area contributed by atoms with Crippen LogP contribution < -0.4 is 10.6 Å². The molecule has 2 aromatic rings. The van der Waals surface area contributed by atoms with Crippen molar-refractivity contribution < 1.29 is 23.1 Å². The maximum absolute atomic E-state index is 11.5. The molecule has 0 fully saturated rings. The van der Waals surface area contributed by atoms with Gasteiger partial charge in [0.05, 0.1) is 0 Å². The van der Waals surface area contributed by atoms with E-state index in [0.717, 1.165) is 6.42 Å². The minimum absolute atomic E-state index is 0.158. The highest BCUT2D eigenvalue weighted by molar-refractivity contribution is 5.71. The lowest BCUT2D eigenvalue weighted by atomic mass is 10.2. The Bertz CT molecular complexity index is 650. The number of carbonyl (C=O) groups is 1. The molecule has 1 aromatic carbocycles. The average molecular weight is 292 g/mol. The monoisotopic (exact) mass is 292 g/mol.